The van der Waals surface area contributed by atoms with Crippen LogP contribution in [0.1, 0.15) is 19.3 Å². The molecule has 0 aliphatic carbocycles. The molecule has 0 aliphatic heterocycles. The molecule has 2 atom stereocenters. The van der Waals surface area contributed by atoms with Crippen molar-refractivity contribution in [2.24, 2.45) is 5.73 Å². The number of amides is 3. The van der Waals surface area contributed by atoms with Crippen molar-refractivity contribution in [3.05, 3.63) is 0 Å². The Balaban J connectivity index is 4.47. The number of rotatable bonds is 9. The van der Waals surface area contributed by atoms with Crippen LogP contribution in [0.4, 0.5) is 4.79 Å². The lowest BCUT2D eigenvalue weighted by Crippen LogP contribution is -2.54. The maximum atomic E-state index is 11.8. The Labute approximate surface area is 116 Å². The number of unbranched alkanes of at least 4 members (excludes halogenated alkanes) is 1. The summed E-state index contributed by atoms with van der Waals surface area (Å²) in [6.07, 6.45) is 1.44. The smallest absolute Gasteiger partial charge is 0.326 e. The molecule has 7 N–H and O–H groups in total. The number of carboxylic acid groups (broad SMARTS) is 1. The third-order valence-corrected chi connectivity index (χ3v) is 2.59. The van der Waals surface area contributed by atoms with Crippen molar-refractivity contribution >= 4 is 17.9 Å². The number of nitrogens with one attached hydrogen (secondary N) is 3. The number of aliphatic hydroxyl groups excluding tert-OH is 1. The van der Waals surface area contributed by atoms with Crippen molar-refractivity contribution in [3.63, 3.8) is 0 Å². The summed E-state index contributed by atoms with van der Waals surface area (Å²) in [5.74, 6) is -1.93. The molecule has 0 aromatic heterocycles. The average Bonchev–Trinajstić information content (AvgIpc) is 2.42. The largest absolute Gasteiger partial charge is 0.480 e. The van der Waals surface area contributed by atoms with E-state index >= 15 is 0 Å². The van der Waals surface area contributed by atoms with Crippen molar-refractivity contribution in [3.8, 4) is 0 Å². The Morgan fingerprint density at radius 1 is 1.15 bits per heavy atom. The van der Waals surface area contributed by atoms with Gasteiger partial charge in [0.15, 0.2) is 0 Å². The van der Waals surface area contributed by atoms with Gasteiger partial charge in [0.1, 0.15) is 12.1 Å². The summed E-state index contributed by atoms with van der Waals surface area (Å²) >= 11 is 0. The van der Waals surface area contributed by atoms with Crippen molar-refractivity contribution in [2.45, 2.75) is 31.3 Å². The van der Waals surface area contributed by atoms with Gasteiger partial charge >= 0.3 is 12.0 Å². The molecule has 0 spiro atoms. The van der Waals surface area contributed by atoms with Crippen LogP contribution in [-0.4, -0.2) is 60.4 Å². The number of carboxylic acids is 1. The maximum Gasteiger partial charge on any atom is 0.326 e. The van der Waals surface area contributed by atoms with Gasteiger partial charge in [-0.05, 0) is 25.8 Å². The number of hydrogen-bond acceptors (Lipinski definition) is 5. The molecule has 0 rings (SSSR count). The summed E-state index contributed by atoms with van der Waals surface area (Å²) in [7, 11) is 1.36. The lowest BCUT2D eigenvalue weighted by atomic mass is 10.1. The molecule has 9 nitrogen and oxygen atoms in total. The molecular formula is C11H22N4O5. The molecule has 0 saturated carbocycles. The molecule has 0 aromatic carbocycles. The average molecular weight is 290 g/mol. The molecule has 0 aromatic rings. The maximum absolute atomic E-state index is 11.8. The van der Waals surface area contributed by atoms with Crippen LogP contribution in [0.2, 0.25) is 0 Å². The number of hydrogen-bond donors (Lipinski definition) is 6. The first kappa shape index (κ1) is 18.1. The predicted molar refractivity (Wildman–Crippen MR) is 70.9 cm³/mol. The minimum Gasteiger partial charge on any atom is -0.480 e. The van der Waals surface area contributed by atoms with E-state index in [1.165, 1.54) is 7.05 Å². The molecule has 20 heavy (non-hydrogen) atoms. The first-order chi connectivity index (χ1) is 9.46. The fraction of sp³-hybridized carbons (Fsp3) is 0.727. The lowest BCUT2D eigenvalue weighted by Gasteiger charge is -2.19. The molecular weight excluding hydrogens is 268 g/mol. The molecule has 0 fully saturated rings. The van der Waals surface area contributed by atoms with Gasteiger partial charge in [0.25, 0.3) is 0 Å². The highest BCUT2D eigenvalue weighted by Crippen LogP contribution is 2.01. The van der Waals surface area contributed by atoms with Crippen molar-refractivity contribution in [1.29, 1.82) is 0 Å². The van der Waals surface area contributed by atoms with E-state index in [1.54, 1.807) is 0 Å². The van der Waals surface area contributed by atoms with E-state index in [2.05, 4.69) is 16.0 Å². The van der Waals surface area contributed by atoms with Gasteiger partial charge in [-0.1, -0.05) is 0 Å². The summed E-state index contributed by atoms with van der Waals surface area (Å²) < 4.78 is 0. The fourth-order valence-electron chi connectivity index (χ4n) is 1.45. The second kappa shape index (κ2) is 9.98. The minimum atomic E-state index is -1.20. The van der Waals surface area contributed by atoms with E-state index < -0.39 is 36.6 Å². The van der Waals surface area contributed by atoms with Crippen LogP contribution in [0.5, 0.6) is 0 Å². The number of aliphatic carboxylic acids is 1. The topological polar surface area (TPSA) is 154 Å². The van der Waals surface area contributed by atoms with E-state index in [4.69, 9.17) is 15.9 Å². The van der Waals surface area contributed by atoms with Crippen LogP contribution in [0.15, 0.2) is 0 Å². The summed E-state index contributed by atoms with van der Waals surface area (Å²) in [5, 5.41) is 24.7. The normalized spacial score (nSPS) is 13.2. The predicted octanol–water partition coefficient (Wildman–Crippen LogP) is -2.03. The number of aliphatic hydroxyl groups is 1. The summed E-state index contributed by atoms with van der Waals surface area (Å²) in [6.45, 7) is -0.188. The van der Waals surface area contributed by atoms with Gasteiger partial charge in [0, 0.05) is 7.05 Å². The zero-order chi connectivity index (χ0) is 15.5. The van der Waals surface area contributed by atoms with Crippen LogP contribution in [0.3, 0.4) is 0 Å². The third-order valence-electron chi connectivity index (χ3n) is 2.59. The van der Waals surface area contributed by atoms with Crippen LogP contribution in [0, 0.1) is 0 Å². The lowest BCUT2D eigenvalue weighted by molar-refractivity contribution is -0.142. The molecule has 116 valence electrons. The second-order valence-corrected chi connectivity index (χ2v) is 4.14. The highest BCUT2D eigenvalue weighted by molar-refractivity contribution is 5.90. The Kier molecular flexibility index (Phi) is 9.05. The van der Waals surface area contributed by atoms with Gasteiger partial charge in [0.2, 0.25) is 5.91 Å². The minimum absolute atomic E-state index is 0.233. The number of carbonyl (C=O) groups is 3. The monoisotopic (exact) mass is 290 g/mol. The van der Waals surface area contributed by atoms with Gasteiger partial charge in [-0.3, -0.25) is 4.79 Å². The van der Waals surface area contributed by atoms with E-state index in [-0.39, 0.29) is 6.42 Å². The van der Waals surface area contributed by atoms with Crippen LogP contribution in [-0.2, 0) is 9.59 Å². The zero-order valence-electron chi connectivity index (χ0n) is 11.4. The Hall–Kier alpha value is -1.87. The second-order valence-electron chi connectivity index (χ2n) is 4.14. The molecule has 0 bridgehead atoms. The van der Waals surface area contributed by atoms with Gasteiger partial charge < -0.3 is 31.9 Å². The SMILES string of the molecule is CNC(=O)N[C@@H](CO)C(=O)N[C@@H](CCCCN)C(=O)O. The summed E-state index contributed by atoms with van der Waals surface area (Å²) in [5.41, 5.74) is 5.31. The summed E-state index contributed by atoms with van der Waals surface area (Å²) in [4.78, 5) is 33.9. The molecule has 0 aliphatic rings. The van der Waals surface area contributed by atoms with Crippen LogP contribution in [0.25, 0.3) is 0 Å². The standard InChI is InChI=1S/C11H22N4O5/c1-13-11(20)15-8(6-16)9(17)14-7(10(18)19)4-2-3-5-12/h7-8,16H,2-6,12H2,1H3,(H,14,17)(H,18,19)(H2,13,15,20)/t7-,8-/m0/s1. The molecule has 0 unspecified atom stereocenters. The molecule has 0 saturated heterocycles. The van der Waals surface area contributed by atoms with E-state index in [0.29, 0.717) is 19.4 Å². The number of nitrogens with two attached hydrogens (primary N) is 1. The van der Waals surface area contributed by atoms with E-state index in [9.17, 15) is 14.4 Å². The Bertz CT molecular complexity index is 337. The quantitative estimate of drug-likeness (QED) is 0.269. The van der Waals surface area contributed by atoms with Gasteiger partial charge in [-0.15, -0.1) is 0 Å². The molecule has 0 radical (unpaired) electrons. The van der Waals surface area contributed by atoms with Crippen LogP contribution < -0.4 is 21.7 Å². The summed E-state index contributed by atoms with van der Waals surface area (Å²) in [6, 6.07) is -2.92. The number of carbonyl (C=O) groups excluding carboxylic acids is 2. The first-order valence-corrected chi connectivity index (χ1v) is 6.28. The number of urea groups is 1. The molecule has 9 heteroatoms. The third kappa shape index (κ3) is 6.90. The molecule has 0 heterocycles. The highest BCUT2D eigenvalue weighted by Gasteiger charge is 2.25. The fourth-order valence-corrected chi connectivity index (χ4v) is 1.45. The Morgan fingerprint density at radius 3 is 2.25 bits per heavy atom. The van der Waals surface area contributed by atoms with E-state index in [0.717, 1.165) is 0 Å². The van der Waals surface area contributed by atoms with Crippen molar-refractivity contribution in [2.75, 3.05) is 20.2 Å². The zero-order valence-corrected chi connectivity index (χ0v) is 11.4. The van der Waals surface area contributed by atoms with Crippen molar-refractivity contribution < 1.29 is 24.6 Å². The molecule has 3 amide bonds. The van der Waals surface area contributed by atoms with Gasteiger partial charge in [-0.25, -0.2) is 9.59 Å². The van der Waals surface area contributed by atoms with Gasteiger partial charge in [0.05, 0.1) is 6.61 Å². The van der Waals surface area contributed by atoms with E-state index in [1.807, 2.05) is 0 Å². The highest BCUT2D eigenvalue weighted by atomic mass is 16.4. The first-order valence-electron chi connectivity index (χ1n) is 6.28. The van der Waals surface area contributed by atoms with Crippen molar-refractivity contribution in [1.82, 2.24) is 16.0 Å². The van der Waals surface area contributed by atoms with Gasteiger partial charge in [-0.2, -0.15) is 0 Å². The Morgan fingerprint density at radius 2 is 1.80 bits per heavy atom. The van der Waals surface area contributed by atoms with Crippen LogP contribution >= 0.6 is 0 Å².